The Morgan fingerprint density at radius 1 is 1.30 bits per heavy atom. The molecule has 3 nitrogen and oxygen atoms in total. The molecule has 0 aliphatic carbocycles. The first-order chi connectivity index (χ1) is 4.84. The molecule has 1 rings (SSSR count). The van der Waals surface area contributed by atoms with Crippen LogP contribution in [0.25, 0.3) is 4.98 Å². The van der Waals surface area contributed by atoms with Crippen molar-refractivity contribution in [2.45, 2.75) is 0 Å². The lowest BCUT2D eigenvalue weighted by Crippen LogP contribution is -1.88. The second-order valence-corrected chi connectivity index (χ2v) is 1.77. The highest BCUT2D eigenvalue weighted by Crippen LogP contribution is 1.99. The molecule has 1 amide bonds. The van der Waals surface area contributed by atoms with Gasteiger partial charge in [0.2, 0.25) is 10.4 Å². The van der Waals surface area contributed by atoms with Gasteiger partial charge in [0.25, 0.3) is 0 Å². The summed E-state index contributed by atoms with van der Waals surface area (Å²) >= 11 is 0. The van der Waals surface area contributed by atoms with Crippen molar-refractivity contribution in [3.05, 3.63) is 40.9 Å². The van der Waals surface area contributed by atoms with Crippen LogP contribution in [0.3, 0.4) is 0 Å². The highest BCUT2D eigenvalue weighted by molar-refractivity contribution is 6.00. The van der Waals surface area contributed by atoms with E-state index < -0.39 is 5.91 Å². The number of amides is 1. The van der Waals surface area contributed by atoms with E-state index in [4.69, 9.17) is 5.39 Å². The van der Waals surface area contributed by atoms with E-state index in [0.29, 0.717) is 5.56 Å². The van der Waals surface area contributed by atoms with Crippen LogP contribution in [-0.4, -0.2) is 5.91 Å². The normalized spacial score (nSPS) is 8.30. The number of hydrogen-bond acceptors (Lipinski definition) is 2. The lowest BCUT2D eigenvalue weighted by Gasteiger charge is -1.79. The van der Waals surface area contributed by atoms with E-state index in [1.54, 1.807) is 30.3 Å². The molecular formula is C7H5N2O+. The number of nitrogens with zero attached hydrogens (tertiary/aromatic N) is 2. The average Bonchev–Trinajstić information content (AvgIpc) is 2.05. The molecule has 1 aromatic rings. The van der Waals surface area contributed by atoms with E-state index >= 15 is 0 Å². The molecule has 1 aromatic carbocycles. The van der Waals surface area contributed by atoms with Crippen LogP contribution in [-0.2, 0) is 0 Å². The molecule has 0 heterocycles. The molecule has 0 radical (unpaired) electrons. The minimum absolute atomic E-state index is 0.394. The Morgan fingerprint density at radius 2 is 1.90 bits per heavy atom. The largest absolute Gasteiger partial charge is 0.593 e. The van der Waals surface area contributed by atoms with Crippen molar-refractivity contribution in [1.29, 1.82) is 5.39 Å². The summed E-state index contributed by atoms with van der Waals surface area (Å²) in [4.78, 5) is 13.1. The van der Waals surface area contributed by atoms with Gasteiger partial charge < -0.3 is 0 Å². The van der Waals surface area contributed by atoms with Crippen LogP contribution < -0.4 is 0 Å². The maximum absolute atomic E-state index is 10.6. The highest BCUT2D eigenvalue weighted by atomic mass is 16.1. The molecule has 3 heteroatoms. The number of carbonyl (C=O) groups is 1. The third-order valence-corrected chi connectivity index (χ3v) is 1.11. The van der Waals surface area contributed by atoms with Gasteiger partial charge in [-0.1, -0.05) is 18.2 Å². The monoisotopic (exact) mass is 133 g/mol. The molecule has 48 valence electrons. The van der Waals surface area contributed by atoms with Gasteiger partial charge in [0.15, 0.2) is 0 Å². The fourth-order valence-corrected chi connectivity index (χ4v) is 0.638. The number of carbonyl (C=O) groups excluding carboxylic acids is 1. The van der Waals surface area contributed by atoms with Gasteiger partial charge in [0.05, 0.1) is 0 Å². The quantitative estimate of drug-likeness (QED) is 0.547. The third kappa shape index (κ3) is 1.17. The van der Waals surface area contributed by atoms with E-state index in [1.165, 1.54) is 0 Å². The van der Waals surface area contributed by atoms with Crippen LogP contribution in [0.5, 0.6) is 0 Å². The van der Waals surface area contributed by atoms with Crippen LogP contribution in [0, 0.1) is 5.39 Å². The molecule has 0 aliphatic heterocycles. The molecule has 0 aliphatic rings. The van der Waals surface area contributed by atoms with E-state index in [0.717, 1.165) is 0 Å². The third-order valence-electron chi connectivity index (χ3n) is 1.11. The van der Waals surface area contributed by atoms with Gasteiger partial charge in [-0.2, -0.15) is 4.79 Å². The maximum atomic E-state index is 10.6. The molecule has 0 saturated heterocycles. The average molecular weight is 133 g/mol. The Labute approximate surface area is 57.9 Å². The van der Waals surface area contributed by atoms with E-state index in [-0.39, 0.29) is 0 Å². The SMILES string of the molecule is N#[N+]C(=O)c1ccccc1. The van der Waals surface area contributed by atoms with Crippen molar-refractivity contribution in [3.8, 4) is 0 Å². The van der Waals surface area contributed by atoms with Gasteiger partial charge in [-0.15, -0.1) is 0 Å². The maximum Gasteiger partial charge on any atom is 0.593 e. The van der Waals surface area contributed by atoms with Crippen molar-refractivity contribution in [2.75, 3.05) is 0 Å². The highest BCUT2D eigenvalue weighted by Gasteiger charge is 2.15. The molecule has 0 unspecified atom stereocenters. The number of diazo groups is 1. The van der Waals surface area contributed by atoms with Crippen molar-refractivity contribution < 1.29 is 4.79 Å². The van der Waals surface area contributed by atoms with Gasteiger partial charge in [-0.3, -0.25) is 0 Å². The molecule has 0 aromatic heterocycles. The van der Waals surface area contributed by atoms with Crippen LogP contribution in [0.4, 0.5) is 0 Å². The first-order valence-electron chi connectivity index (χ1n) is 2.79. The first kappa shape index (κ1) is 6.43. The smallest absolute Gasteiger partial charge is 0.193 e. The van der Waals surface area contributed by atoms with Crippen molar-refractivity contribution in [3.63, 3.8) is 0 Å². The Kier molecular flexibility index (Phi) is 1.76. The van der Waals surface area contributed by atoms with Gasteiger partial charge in [0, 0.05) is 0 Å². The summed E-state index contributed by atoms with van der Waals surface area (Å²) < 4.78 is 0. The lowest BCUT2D eigenvalue weighted by atomic mass is 10.2. The van der Waals surface area contributed by atoms with E-state index in [2.05, 4.69) is 4.98 Å². The topological polar surface area (TPSA) is 45.2 Å². The summed E-state index contributed by atoms with van der Waals surface area (Å²) in [6, 6.07) is 8.37. The molecule has 0 atom stereocenters. The lowest BCUT2D eigenvalue weighted by molar-refractivity contribution is 0.104. The predicted octanol–water partition coefficient (Wildman–Crippen LogP) is 1.68. The molecule has 0 spiro atoms. The minimum atomic E-state index is -0.611. The summed E-state index contributed by atoms with van der Waals surface area (Å²) in [5.74, 6) is -0.611. The Hall–Kier alpha value is -1.69. The van der Waals surface area contributed by atoms with E-state index in [1.807, 2.05) is 0 Å². The van der Waals surface area contributed by atoms with Crippen LogP contribution in [0.15, 0.2) is 30.3 Å². The molecule has 0 bridgehead atoms. The molecule has 0 saturated carbocycles. The van der Waals surface area contributed by atoms with Crippen LogP contribution in [0.2, 0.25) is 0 Å². The zero-order valence-corrected chi connectivity index (χ0v) is 5.19. The molecule has 0 fully saturated rings. The number of benzene rings is 1. The summed E-state index contributed by atoms with van der Waals surface area (Å²) in [6.45, 7) is 0. The minimum Gasteiger partial charge on any atom is -0.193 e. The second kappa shape index (κ2) is 2.74. The summed E-state index contributed by atoms with van der Waals surface area (Å²) in [5, 5.41) is 8.06. The summed E-state index contributed by atoms with van der Waals surface area (Å²) in [5.41, 5.74) is 0.394. The second-order valence-electron chi connectivity index (χ2n) is 1.77. The van der Waals surface area contributed by atoms with Crippen molar-refractivity contribution >= 4 is 5.91 Å². The fraction of sp³-hybridized carbons (Fsp3) is 0. The van der Waals surface area contributed by atoms with Gasteiger partial charge in [-0.25, -0.2) is 0 Å². The van der Waals surface area contributed by atoms with Gasteiger partial charge >= 0.3 is 5.91 Å². The number of hydrogen-bond donors (Lipinski definition) is 0. The Morgan fingerprint density at radius 3 is 2.40 bits per heavy atom. The standard InChI is InChI=1S/C7H5N2O/c8-9-7(10)6-4-2-1-3-5-6/h1-5H/q+1. The summed E-state index contributed by atoms with van der Waals surface area (Å²) in [6.07, 6.45) is 0. The van der Waals surface area contributed by atoms with Crippen LogP contribution >= 0.6 is 0 Å². The Bertz CT molecular complexity index is 273. The Balaban J connectivity index is 2.99. The van der Waals surface area contributed by atoms with Gasteiger partial charge in [0.1, 0.15) is 5.56 Å². The molecule has 10 heavy (non-hydrogen) atoms. The zero-order valence-electron chi connectivity index (χ0n) is 5.19. The van der Waals surface area contributed by atoms with Crippen molar-refractivity contribution in [1.82, 2.24) is 0 Å². The van der Waals surface area contributed by atoms with Gasteiger partial charge in [-0.05, 0) is 12.1 Å². The fourth-order valence-electron chi connectivity index (χ4n) is 0.638. The zero-order chi connectivity index (χ0) is 7.40. The first-order valence-corrected chi connectivity index (χ1v) is 2.79. The summed E-state index contributed by atoms with van der Waals surface area (Å²) in [7, 11) is 0. The predicted molar refractivity (Wildman–Crippen MR) is 35.9 cm³/mol. The number of rotatable bonds is 1. The van der Waals surface area contributed by atoms with E-state index in [9.17, 15) is 4.79 Å². The molecular weight excluding hydrogens is 128 g/mol. The van der Waals surface area contributed by atoms with Crippen molar-refractivity contribution in [2.24, 2.45) is 0 Å². The molecule has 0 N–H and O–H groups in total. The van der Waals surface area contributed by atoms with Crippen LogP contribution in [0.1, 0.15) is 10.4 Å².